The van der Waals surface area contributed by atoms with Crippen LogP contribution in [0.25, 0.3) is 10.9 Å². The number of pyridine rings is 1. The van der Waals surface area contributed by atoms with Crippen molar-refractivity contribution >= 4 is 22.6 Å². The highest BCUT2D eigenvalue weighted by molar-refractivity contribution is 6.06. The van der Waals surface area contributed by atoms with Crippen LogP contribution in [0.2, 0.25) is 0 Å². The smallest absolute Gasteiger partial charge is 0.258 e. The fourth-order valence-electron chi connectivity index (χ4n) is 2.74. The highest BCUT2D eigenvalue weighted by atomic mass is 16.1. The van der Waals surface area contributed by atoms with Gasteiger partial charge in [0.15, 0.2) is 0 Å². The van der Waals surface area contributed by atoms with Crippen LogP contribution in [0.4, 0.5) is 5.82 Å². The number of carbonyl (C=O) groups is 1. The Morgan fingerprint density at radius 3 is 2.79 bits per heavy atom. The lowest BCUT2D eigenvalue weighted by Gasteiger charge is -2.15. The Morgan fingerprint density at radius 1 is 1.25 bits per heavy atom. The Balaban J connectivity index is 1.94. The van der Waals surface area contributed by atoms with E-state index in [1.807, 2.05) is 48.9 Å². The average molecular weight is 322 g/mol. The third-order valence-electron chi connectivity index (χ3n) is 4.33. The van der Waals surface area contributed by atoms with Gasteiger partial charge in [-0.2, -0.15) is 5.10 Å². The van der Waals surface area contributed by atoms with Crippen LogP contribution in [0.5, 0.6) is 0 Å². The summed E-state index contributed by atoms with van der Waals surface area (Å²) in [6, 6.07) is 10.0. The second-order valence-electron chi connectivity index (χ2n) is 6.19. The van der Waals surface area contributed by atoms with Gasteiger partial charge in [0.05, 0.1) is 29.0 Å². The number of aromatic nitrogens is 3. The molecule has 0 saturated carbocycles. The summed E-state index contributed by atoms with van der Waals surface area (Å²) in [5.41, 5.74) is 3.36. The van der Waals surface area contributed by atoms with Crippen molar-refractivity contribution in [3.05, 3.63) is 53.3 Å². The van der Waals surface area contributed by atoms with Crippen molar-refractivity contribution in [2.75, 3.05) is 5.32 Å². The van der Waals surface area contributed by atoms with Gasteiger partial charge in [-0.25, -0.2) is 4.68 Å². The third-order valence-corrected chi connectivity index (χ3v) is 4.33. The number of nitrogens with zero attached hydrogens (tertiary/aromatic N) is 3. The molecule has 0 aliphatic rings. The molecule has 2 heterocycles. The zero-order valence-corrected chi connectivity index (χ0v) is 14.5. The van der Waals surface area contributed by atoms with Gasteiger partial charge < -0.3 is 5.32 Å². The lowest BCUT2D eigenvalue weighted by molar-refractivity contribution is 0.102. The van der Waals surface area contributed by atoms with E-state index in [9.17, 15) is 4.79 Å². The zero-order valence-electron chi connectivity index (χ0n) is 14.5. The number of aryl methyl sites for hydroxylation is 2. The van der Waals surface area contributed by atoms with Gasteiger partial charge in [-0.05, 0) is 45.4 Å². The van der Waals surface area contributed by atoms with Crippen molar-refractivity contribution in [3.63, 3.8) is 0 Å². The first-order valence-electron chi connectivity index (χ1n) is 8.22. The molecule has 2 aromatic heterocycles. The first kappa shape index (κ1) is 16.2. The number of fused-ring (bicyclic) bond motifs is 1. The lowest BCUT2D eigenvalue weighted by atomic mass is 10.1. The molecular weight excluding hydrogens is 300 g/mol. The molecule has 124 valence electrons. The van der Waals surface area contributed by atoms with Crippen molar-refractivity contribution in [1.82, 2.24) is 14.8 Å². The van der Waals surface area contributed by atoms with Crippen LogP contribution in [0, 0.1) is 13.8 Å². The second-order valence-corrected chi connectivity index (χ2v) is 6.19. The maximum absolute atomic E-state index is 12.7. The molecule has 1 N–H and O–H groups in total. The van der Waals surface area contributed by atoms with Gasteiger partial charge in [0.2, 0.25) is 0 Å². The summed E-state index contributed by atoms with van der Waals surface area (Å²) in [7, 11) is 0. The van der Waals surface area contributed by atoms with Crippen LogP contribution in [-0.4, -0.2) is 20.7 Å². The molecule has 1 atom stereocenters. The van der Waals surface area contributed by atoms with Crippen LogP contribution in [0.1, 0.15) is 47.9 Å². The molecule has 0 unspecified atom stereocenters. The van der Waals surface area contributed by atoms with Gasteiger partial charge >= 0.3 is 0 Å². The number of hydrogen-bond acceptors (Lipinski definition) is 3. The summed E-state index contributed by atoms with van der Waals surface area (Å²) in [6.45, 7) is 8.07. The van der Waals surface area contributed by atoms with Crippen molar-refractivity contribution in [2.45, 2.75) is 40.2 Å². The predicted molar refractivity (Wildman–Crippen MR) is 96.4 cm³/mol. The van der Waals surface area contributed by atoms with Crippen LogP contribution in [-0.2, 0) is 0 Å². The molecule has 0 aliphatic heterocycles. The highest BCUT2D eigenvalue weighted by Crippen LogP contribution is 2.21. The summed E-state index contributed by atoms with van der Waals surface area (Å²) < 4.78 is 1.84. The number of nitrogens with one attached hydrogen (secondary N) is 1. The lowest BCUT2D eigenvalue weighted by Crippen LogP contribution is -2.18. The van der Waals surface area contributed by atoms with Crippen LogP contribution in [0.15, 0.2) is 36.5 Å². The molecule has 5 nitrogen and oxygen atoms in total. The Hall–Kier alpha value is -2.69. The minimum atomic E-state index is -0.159. The maximum Gasteiger partial charge on any atom is 0.258 e. The van der Waals surface area contributed by atoms with E-state index in [4.69, 9.17) is 0 Å². The van der Waals surface area contributed by atoms with E-state index in [0.29, 0.717) is 11.4 Å². The molecule has 0 spiro atoms. The Labute approximate surface area is 141 Å². The van der Waals surface area contributed by atoms with Crippen molar-refractivity contribution in [1.29, 1.82) is 0 Å². The van der Waals surface area contributed by atoms with Gasteiger partial charge in [-0.15, -0.1) is 0 Å². The average Bonchev–Trinajstić information content (AvgIpc) is 3.01. The molecule has 0 aliphatic carbocycles. The molecule has 0 bridgehead atoms. The van der Waals surface area contributed by atoms with Crippen molar-refractivity contribution in [2.24, 2.45) is 0 Å². The SMILES string of the molecule is CC[C@@H](C)n1nccc1NC(=O)c1cc2cc(C)ccc2nc1C. The molecular formula is C19H22N4O. The van der Waals surface area contributed by atoms with Crippen molar-refractivity contribution in [3.8, 4) is 0 Å². The fraction of sp³-hybridized carbons (Fsp3) is 0.316. The molecule has 3 aromatic rings. The van der Waals surface area contributed by atoms with E-state index in [2.05, 4.69) is 29.2 Å². The topological polar surface area (TPSA) is 59.8 Å². The van der Waals surface area contributed by atoms with Crippen molar-refractivity contribution < 1.29 is 4.79 Å². The third kappa shape index (κ3) is 3.02. The molecule has 3 rings (SSSR count). The Bertz CT molecular complexity index is 898. The number of amides is 1. The van der Waals surface area contributed by atoms with E-state index < -0.39 is 0 Å². The van der Waals surface area contributed by atoms with E-state index in [0.717, 1.165) is 28.6 Å². The summed E-state index contributed by atoms with van der Waals surface area (Å²) >= 11 is 0. The predicted octanol–water partition coefficient (Wildman–Crippen LogP) is 4.27. The number of carbonyl (C=O) groups excluding carboxylic acids is 1. The monoisotopic (exact) mass is 322 g/mol. The fourth-order valence-corrected chi connectivity index (χ4v) is 2.74. The number of anilines is 1. The van der Waals surface area contributed by atoms with Gasteiger partial charge in [0, 0.05) is 11.5 Å². The molecule has 5 heteroatoms. The molecule has 24 heavy (non-hydrogen) atoms. The van der Waals surface area contributed by atoms with E-state index >= 15 is 0 Å². The van der Waals surface area contributed by atoms with E-state index in [1.165, 1.54) is 0 Å². The molecule has 1 aromatic carbocycles. The van der Waals surface area contributed by atoms with Gasteiger partial charge in [-0.1, -0.05) is 18.6 Å². The van der Waals surface area contributed by atoms with Gasteiger partial charge in [0.25, 0.3) is 5.91 Å². The van der Waals surface area contributed by atoms with E-state index in [-0.39, 0.29) is 11.9 Å². The molecule has 0 saturated heterocycles. The van der Waals surface area contributed by atoms with Gasteiger partial charge in [0.1, 0.15) is 5.82 Å². The quantitative estimate of drug-likeness (QED) is 0.780. The number of hydrogen-bond donors (Lipinski definition) is 1. The Morgan fingerprint density at radius 2 is 2.04 bits per heavy atom. The summed E-state index contributed by atoms with van der Waals surface area (Å²) in [4.78, 5) is 17.3. The normalized spacial score (nSPS) is 12.3. The molecule has 0 fully saturated rings. The summed E-state index contributed by atoms with van der Waals surface area (Å²) in [6.07, 6.45) is 2.65. The summed E-state index contributed by atoms with van der Waals surface area (Å²) in [5.74, 6) is 0.548. The van der Waals surface area contributed by atoms with Gasteiger partial charge in [-0.3, -0.25) is 9.78 Å². The molecule has 1 amide bonds. The second kappa shape index (κ2) is 6.43. The zero-order chi connectivity index (χ0) is 17.3. The number of rotatable bonds is 4. The number of benzene rings is 1. The standard InChI is InChI=1S/C19H22N4O/c1-5-13(3)23-18(8-9-20-23)22-19(24)16-11-15-10-12(2)6-7-17(15)21-14(16)4/h6-11,13H,5H2,1-4H3,(H,22,24)/t13-/m1/s1. The minimum Gasteiger partial charge on any atom is -0.307 e. The largest absolute Gasteiger partial charge is 0.307 e. The highest BCUT2D eigenvalue weighted by Gasteiger charge is 2.15. The van der Waals surface area contributed by atoms with Crippen LogP contribution in [0.3, 0.4) is 0 Å². The first-order chi connectivity index (χ1) is 11.5. The van der Waals surface area contributed by atoms with E-state index in [1.54, 1.807) is 6.20 Å². The van der Waals surface area contributed by atoms with Crippen LogP contribution < -0.4 is 5.32 Å². The first-order valence-corrected chi connectivity index (χ1v) is 8.22. The molecule has 0 radical (unpaired) electrons. The maximum atomic E-state index is 12.7. The van der Waals surface area contributed by atoms with Crippen LogP contribution >= 0.6 is 0 Å². The summed E-state index contributed by atoms with van der Waals surface area (Å²) in [5, 5.41) is 8.24. The Kier molecular flexibility index (Phi) is 4.34. The minimum absolute atomic E-state index is 0.159.